The van der Waals surface area contributed by atoms with E-state index in [1.807, 2.05) is 4.90 Å². The second kappa shape index (κ2) is 12.1. The third kappa shape index (κ3) is 6.77. The number of nitrogens with one attached hydrogen (secondary N) is 2. The summed E-state index contributed by atoms with van der Waals surface area (Å²) >= 11 is 0. The Bertz CT molecular complexity index is 1560. The number of ether oxygens (including phenoxy) is 2. The first-order valence-corrected chi connectivity index (χ1v) is 16.2. The van der Waals surface area contributed by atoms with Crippen molar-refractivity contribution in [2.45, 2.75) is 64.6 Å². The van der Waals surface area contributed by atoms with Crippen molar-refractivity contribution in [2.75, 3.05) is 36.5 Å². The van der Waals surface area contributed by atoms with Crippen LogP contribution in [-0.4, -0.2) is 72.0 Å². The molecule has 0 spiro atoms. The Morgan fingerprint density at radius 3 is 2.60 bits per heavy atom. The van der Waals surface area contributed by atoms with Gasteiger partial charge in [0.15, 0.2) is 10.8 Å². The van der Waals surface area contributed by atoms with Gasteiger partial charge in [0, 0.05) is 30.9 Å². The maximum absolute atomic E-state index is 13.6. The lowest BCUT2D eigenvalue weighted by Gasteiger charge is -2.33. The number of sulfonamides is 1. The van der Waals surface area contributed by atoms with Gasteiger partial charge in [-0.15, -0.1) is 5.10 Å². The molecule has 5 rings (SSSR count). The molecule has 12 nitrogen and oxygen atoms in total. The summed E-state index contributed by atoms with van der Waals surface area (Å²) in [7, 11) is -4.26. The Morgan fingerprint density at radius 1 is 1.09 bits per heavy atom. The third-order valence-corrected chi connectivity index (χ3v) is 9.36. The van der Waals surface area contributed by atoms with E-state index in [9.17, 15) is 13.2 Å². The fraction of sp³-hybridized carbons (Fsp3) is 0.533. The van der Waals surface area contributed by atoms with Gasteiger partial charge in [0.2, 0.25) is 5.88 Å². The van der Waals surface area contributed by atoms with E-state index in [0.29, 0.717) is 73.8 Å². The molecular formula is C30H41N7O5S. The van der Waals surface area contributed by atoms with Crippen molar-refractivity contribution < 1.29 is 22.7 Å². The predicted octanol–water partition coefficient (Wildman–Crippen LogP) is 3.89. The van der Waals surface area contributed by atoms with Crippen LogP contribution in [0.2, 0.25) is 0 Å². The number of pyridine rings is 2. The Morgan fingerprint density at radius 2 is 1.86 bits per heavy atom. The second-order valence-corrected chi connectivity index (χ2v) is 14.1. The molecule has 1 amide bonds. The maximum Gasteiger partial charge on any atom is 0.281 e. The molecule has 0 aliphatic carbocycles. The minimum atomic E-state index is -4.26. The SMILES string of the molecule is CC(C)C(COc1ccn(-c2ccc3c(n2)N2C[C@@H](CC2(C)C)OCCNc2cccc(n2)S(=O)(=O)NC3=O)n1)C(C)C. The van der Waals surface area contributed by atoms with Crippen molar-refractivity contribution in [1.29, 1.82) is 0 Å². The van der Waals surface area contributed by atoms with Crippen LogP contribution in [0.3, 0.4) is 0 Å². The van der Waals surface area contributed by atoms with Crippen LogP contribution in [0.15, 0.2) is 47.6 Å². The Kier molecular flexibility index (Phi) is 8.66. The van der Waals surface area contributed by atoms with E-state index in [4.69, 9.17) is 14.5 Å². The summed E-state index contributed by atoms with van der Waals surface area (Å²) < 4.78 is 42.4. The number of aromatic nitrogens is 4. The molecule has 43 heavy (non-hydrogen) atoms. The highest BCUT2D eigenvalue weighted by Crippen LogP contribution is 2.36. The highest BCUT2D eigenvalue weighted by atomic mass is 32.2. The average molecular weight is 612 g/mol. The van der Waals surface area contributed by atoms with Gasteiger partial charge < -0.3 is 19.7 Å². The van der Waals surface area contributed by atoms with Crippen LogP contribution in [0.1, 0.15) is 58.3 Å². The average Bonchev–Trinajstić information content (AvgIpc) is 3.53. The zero-order valence-electron chi connectivity index (χ0n) is 25.6. The standard InChI is InChI=1S/C30H41N7O5S/c1-19(2)23(20(3)4)18-42-26-12-14-37(34-26)25-11-10-22-28(33-25)36-17-21(16-30(36,5)6)41-15-13-31-24-8-7-9-27(32-24)43(39,40)35-29(22)38/h7-12,14,19-21,23H,13,15-18H2,1-6H3,(H,31,32)(H,35,38)/t21-/m1/s1. The van der Waals surface area contributed by atoms with Gasteiger partial charge in [-0.2, -0.15) is 8.42 Å². The van der Waals surface area contributed by atoms with Crippen molar-refractivity contribution in [3.05, 3.63) is 48.2 Å². The van der Waals surface area contributed by atoms with Gasteiger partial charge in [-0.25, -0.2) is 19.4 Å². The number of carbonyl (C=O) groups is 1. The zero-order valence-corrected chi connectivity index (χ0v) is 26.4. The molecule has 232 valence electrons. The van der Waals surface area contributed by atoms with E-state index in [0.717, 1.165) is 0 Å². The molecule has 4 bridgehead atoms. The van der Waals surface area contributed by atoms with Crippen LogP contribution in [0, 0.1) is 17.8 Å². The van der Waals surface area contributed by atoms with E-state index in [2.05, 4.69) is 61.7 Å². The van der Waals surface area contributed by atoms with E-state index in [1.54, 1.807) is 41.2 Å². The van der Waals surface area contributed by atoms with Crippen molar-refractivity contribution >= 4 is 27.6 Å². The molecule has 1 saturated heterocycles. The number of fused-ring (bicyclic) bond motifs is 6. The summed E-state index contributed by atoms with van der Waals surface area (Å²) in [6.07, 6.45) is 2.33. The van der Waals surface area contributed by atoms with Crippen LogP contribution in [-0.2, 0) is 14.8 Å². The molecule has 0 radical (unpaired) electrons. The number of amides is 1. The Hall–Kier alpha value is -3.71. The van der Waals surface area contributed by atoms with Crippen LogP contribution in [0.25, 0.3) is 5.82 Å². The van der Waals surface area contributed by atoms with E-state index in [1.165, 1.54) is 6.07 Å². The van der Waals surface area contributed by atoms with Gasteiger partial charge in [-0.05, 0) is 62.3 Å². The van der Waals surface area contributed by atoms with Crippen molar-refractivity contribution in [1.82, 2.24) is 24.5 Å². The summed E-state index contributed by atoms with van der Waals surface area (Å²) in [6.45, 7) is 14.7. The smallest absolute Gasteiger partial charge is 0.281 e. The van der Waals surface area contributed by atoms with E-state index >= 15 is 0 Å². The Balaban J connectivity index is 1.50. The van der Waals surface area contributed by atoms with Gasteiger partial charge in [-0.1, -0.05) is 33.8 Å². The molecule has 3 aromatic rings. The highest BCUT2D eigenvalue weighted by molar-refractivity contribution is 7.90. The Labute approximate surface area is 253 Å². The molecule has 2 aliphatic heterocycles. The maximum atomic E-state index is 13.6. The molecule has 1 fully saturated rings. The predicted molar refractivity (Wildman–Crippen MR) is 163 cm³/mol. The summed E-state index contributed by atoms with van der Waals surface area (Å²) in [6, 6.07) is 9.57. The lowest BCUT2D eigenvalue weighted by molar-refractivity contribution is 0.0710. The number of hydrogen-bond acceptors (Lipinski definition) is 10. The van der Waals surface area contributed by atoms with Crippen molar-refractivity contribution in [3.63, 3.8) is 0 Å². The summed E-state index contributed by atoms with van der Waals surface area (Å²) in [5, 5.41) is 7.41. The molecular weight excluding hydrogens is 570 g/mol. The first kappa shape index (κ1) is 30.7. The molecule has 1 atom stereocenters. The number of carbonyl (C=O) groups excluding carboxylic acids is 1. The molecule has 2 aliphatic rings. The number of hydrogen-bond donors (Lipinski definition) is 2. The molecule has 0 aromatic carbocycles. The van der Waals surface area contributed by atoms with Gasteiger partial charge in [0.05, 0.1) is 24.9 Å². The van der Waals surface area contributed by atoms with Crippen LogP contribution in [0.4, 0.5) is 11.6 Å². The largest absolute Gasteiger partial charge is 0.476 e. The second-order valence-electron chi connectivity index (χ2n) is 12.4. The molecule has 3 aromatic heterocycles. The topological polar surface area (TPSA) is 141 Å². The monoisotopic (exact) mass is 611 g/mol. The van der Waals surface area contributed by atoms with Gasteiger partial charge in [-0.3, -0.25) is 4.79 Å². The molecule has 0 saturated carbocycles. The van der Waals surface area contributed by atoms with Crippen molar-refractivity contribution in [3.8, 4) is 11.7 Å². The zero-order chi connectivity index (χ0) is 30.9. The molecule has 5 heterocycles. The number of nitrogens with zero attached hydrogens (tertiary/aromatic N) is 5. The number of anilines is 2. The van der Waals surface area contributed by atoms with Crippen LogP contribution >= 0.6 is 0 Å². The number of rotatable bonds is 6. The fourth-order valence-electron chi connectivity index (χ4n) is 5.76. The quantitative estimate of drug-likeness (QED) is 0.422. The third-order valence-electron chi connectivity index (χ3n) is 8.13. The highest BCUT2D eigenvalue weighted by Gasteiger charge is 2.41. The normalized spacial score (nSPS) is 19.9. The van der Waals surface area contributed by atoms with E-state index in [-0.39, 0.29) is 16.7 Å². The minimum Gasteiger partial charge on any atom is -0.476 e. The summed E-state index contributed by atoms with van der Waals surface area (Å²) in [4.78, 5) is 24.6. The molecule has 2 N–H and O–H groups in total. The molecule has 0 unspecified atom stereocenters. The lowest BCUT2D eigenvalue weighted by Crippen LogP contribution is -2.41. The first-order valence-electron chi connectivity index (χ1n) is 14.7. The van der Waals surface area contributed by atoms with E-state index < -0.39 is 21.5 Å². The van der Waals surface area contributed by atoms with Gasteiger partial charge in [0.25, 0.3) is 15.9 Å². The van der Waals surface area contributed by atoms with Crippen LogP contribution < -0.4 is 19.7 Å². The fourth-order valence-corrected chi connectivity index (χ4v) is 6.70. The first-order chi connectivity index (χ1) is 20.3. The lowest BCUT2D eigenvalue weighted by atomic mass is 9.86. The van der Waals surface area contributed by atoms with Gasteiger partial charge >= 0.3 is 0 Å². The van der Waals surface area contributed by atoms with Gasteiger partial charge in [0.1, 0.15) is 11.6 Å². The van der Waals surface area contributed by atoms with Crippen molar-refractivity contribution in [2.24, 2.45) is 17.8 Å². The summed E-state index contributed by atoms with van der Waals surface area (Å²) in [5.41, 5.74) is -0.313. The summed E-state index contributed by atoms with van der Waals surface area (Å²) in [5.74, 6) is 2.18. The van der Waals surface area contributed by atoms with Crippen LogP contribution in [0.5, 0.6) is 5.88 Å². The molecule has 13 heteroatoms. The minimum absolute atomic E-state index is 0.116.